The molecule has 0 bridgehead atoms. The van der Waals surface area contributed by atoms with Crippen LogP contribution in [0.1, 0.15) is 36.8 Å². The van der Waals surface area contributed by atoms with E-state index < -0.39 is 11.7 Å². The fourth-order valence-electron chi connectivity index (χ4n) is 4.74. The Bertz CT molecular complexity index is 701. The highest BCUT2D eigenvalue weighted by molar-refractivity contribution is 5.78. The number of hydrogen-bond donors (Lipinski definition) is 0. The standard InChI is InChI=1S/C23H34F3N3O/c1-27-11-4-6-20(17-27)22(30)28(2)16-19-9-13-29(14-10-19)12-8-18-5-3-7-21(15-18)23(24,25)26/h3,5,7,15,19-20H,4,6,8-14,16-17H2,1-2H3. The molecule has 2 heterocycles. The molecule has 2 saturated heterocycles. The summed E-state index contributed by atoms with van der Waals surface area (Å²) >= 11 is 0. The zero-order chi connectivity index (χ0) is 21.7. The highest BCUT2D eigenvalue weighted by Crippen LogP contribution is 2.29. The van der Waals surface area contributed by atoms with Gasteiger partial charge in [-0.15, -0.1) is 0 Å². The molecule has 1 amide bonds. The van der Waals surface area contributed by atoms with Crippen molar-refractivity contribution in [1.82, 2.24) is 14.7 Å². The Morgan fingerprint density at radius 2 is 1.90 bits per heavy atom. The van der Waals surface area contributed by atoms with Gasteiger partial charge < -0.3 is 14.7 Å². The van der Waals surface area contributed by atoms with Crippen LogP contribution in [-0.4, -0.2) is 74.0 Å². The summed E-state index contributed by atoms with van der Waals surface area (Å²) in [6.45, 7) is 5.40. The summed E-state index contributed by atoms with van der Waals surface area (Å²) in [5.41, 5.74) is 0.158. The van der Waals surface area contributed by atoms with Crippen LogP contribution >= 0.6 is 0 Å². The smallest absolute Gasteiger partial charge is 0.345 e. The van der Waals surface area contributed by atoms with Crippen molar-refractivity contribution in [3.63, 3.8) is 0 Å². The van der Waals surface area contributed by atoms with Gasteiger partial charge in [0.2, 0.25) is 5.91 Å². The highest BCUT2D eigenvalue weighted by Gasteiger charge is 2.31. The second kappa shape index (κ2) is 10.1. The van der Waals surface area contributed by atoms with E-state index in [-0.39, 0.29) is 11.8 Å². The molecule has 168 valence electrons. The number of amides is 1. The lowest BCUT2D eigenvalue weighted by atomic mass is 9.93. The van der Waals surface area contributed by atoms with Crippen LogP contribution < -0.4 is 0 Å². The van der Waals surface area contributed by atoms with Crippen molar-refractivity contribution in [3.05, 3.63) is 35.4 Å². The van der Waals surface area contributed by atoms with Crippen LogP contribution in [0.5, 0.6) is 0 Å². The van der Waals surface area contributed by atoms with E-state index in [2.05, 4.69) is 16.8 Å². The van der Waals surface area contributed by atoms with Crippen LogP contribution in [0.3, 0.4) is 0 Å². The maximum absolute atomic E-state index is 12.9. The van der Waals surface area contributed by atoms with Gasteiger partial charge in [0, 0.05) is 26.7 Å². The summed E-state index contributed by atoms with van der Waals surface area (Å²) in [7, 11) is 4.01. The summed E-state index contributed by atoms with van der Waals surface area (Å²) in [5.74, 6) is 0.903. The van der Waals surface area contributed by atoms with E-state index in [4.69, 9.17) is 0 Å². The van der Waals surface area contributed by atoms with E-state index >= 15 is 0 Å². The first kappa shape index (κ1) is 23.1. The molecule has 7 heteroatoms. The molecular formula is C23H34F3N3O. The number of carbonyl (C=O) groups is 1. The number of benzene rings is 1. The average Bonchev–Trinajstić information content (AvgIpc) is 2.72. The summed E-state index contributed by atoms with van der Waals surface area (Å²) in [4.78, 5) is 19.2. The van der Waals surface area contributed by atoms with Crippen molar-refractivity contribution >= 4 is 5.91 Å². The molecule has 0 spiro atoms. The van der Waals surface area contributed by atoms with Gasteiger partial charge in [0.15, 0.2) is 0 Å². The molecule has 30 heavy (non-hydrogen) atoms. The van der Waals surface area contributed by atoms with E-state index in [0.717, 1.165) is 76.6 Å². The molecule has 1 aromatic carbocycles. The molecule has 0 saturated carbocycles. The first-order chi connectivity index (χ1) is 14.2. The van der Waals surface area contributed by atoms with Crippen molar-refractivity contribution < 1.29 is 18.0 Å². The second-order valence-electron chi connectivity index (χ2n) is 9.05. The Labute approximate surface area is 178 Å². The normalized spacial score (nSPS) is 22.2. The van der Waals surface area contributed by atoms with E-state index in [1.165, 1.54) is 12.1 Å². The van der Waals surface area contributed by atoms with Crippen molar-refractivity contribution in [1.29, 1.82) is 0 Å². The van der Waals surface area contributed by atoms with Crippen molar-refractivity contribution in [2.45, 2.75) is 38.3 Å². The second-order valence-corrected chi connectivity index (χ2v) is 9.05. The summed E-state index contributed by atoms with van der Waals surface area (Å²) in [6, 6.07) is 5.64. The van der Waals surface area contributed by atoms with Gasteiger partial charge in [-0.2, -0.15) is 13.2 Å². The molecule has 2 aliphatic rings. The Kier molecular flexibility index (Phi) is 7.80. The van der Waals surface area contributed by atoms with Gasteiger partial charge in [0.05, 0.1) is 11.5 Å². The SMILES string of the molecule is CN1CCCC(C(=O)N(C)CC2CCN(CCc3cccc(C(F)(F)F)c3)CC2)C1. The summed E-state index contributed by atoms with van der Waals surface area (Å²) < 4.78 is 38.6. The molecule has 1 unspecified atom stereocenters. The molecule has 4 nitrogen and oxygen atoms in total. The quantitative estimate of drug-likeness (QED) is 0.694. The van der Waals surface area contributed by atoms with Gasteiger partial charge in [0.25, 0.3) is 0 Å². The maximum atomic E-state index is 12.9. The molecule has 0 aromatic heterocycles. The van der Waals surface area contributed by atoms with Crippen LogP contribution in [0, 0.1) is 11.8 Å². The Hall–Kier alpha value is -1.60. The minimum Gasteiger partial charge on any atom is -0.345 e. The average molecular weight is 426 g/mol. The molecule has 0 aliphatic carbocycles. The van der Waals surface area contributed by atoms with E-state index in [1.54, 1.807) is 6.07 Å². The molecule has 2 fully saturated rings. The number of hydrogen-bond acceptors (Lipinski definition) is 3. The largest absolute Gasteiger partial charge is 0.416 e. The van der Waals surface area contributed by atoms with Crippen LogP contribution in [0.25, 0.3) is 0 Å². The monoisotopic (exact) mass is 425 g/mol. The lowest BCUT2D eigenvalue weighted by Gasteiger charge is -2.36. The number of nitrogens with zero attached hydrogens (tertiary/aromatic N) is 3. The molecule has 1 aromatic rings. The van der Waals surface area contributed by atoms with Crippen molar-refractivity contribution in [3.8, 4) is 0 Å². The summed E-state index contributed by atoms with van der Waals surface area (Å²) in [6.07, 6.45) is 0.481. The zero-order valence-electron chi connectivity index (χ0n) is 18.1. The number of alkyl halides is 3. The molecule has 1 atom stereocenters. The minimum absolute atomic E-state index is 0.126. The molecule has 0 N–H and O–H groups in total. The van der Waals surface area contributed by atoms with Crippen LogP contribution in [0.2, 0.25) is 0 Å². The van der Waals surface area contributed by atoms with Crippen LogP contribution in [0.15, 0.2) is 24.3 Å². The number of piperidine rings is 2. The van der Waals surface area contributed by atoms with Gasteiger partial charge >= 0.3 is 6.18 Å². The van der Waals surface area contributed by atoms with Gasteiger partial charge in [0.1, 0.15) is 0 Å². The zero-order valence-corrected chi connectivity index (χ0v) is 18.1. The fraction of sp³-hybridized carbons (Fsp3) is 0.696. The molecular weight excluding hydrogens is 391 g/mol. The third-order valence-corrected chi connectivity index (χ3v) is 6.56. The number of halogens is 3. The van der Waals surface area contributed by atoms with Crippen LogP contribution in [-0.2, 0) is 17.4 Å². The van der Waals surface area contributed by atoms with E-state index in [1.807, 2.05) is 11.9 Å². The summed E-state index contributed by atoms with van der Waals surface area (Å²) in [5, 5.41) is 0. The Morgan fingerprint density at radius 3 is 2.57 bits per heavy atom. The lowest BCUT2D eigenvalue weighted by molar-refractivity contribution is -0.138. The fourth-order valence-corrected chi connectivity index (χ4v) is 4.74. The topological polar surface area (TPSA) is 26.8 Å². The number of rotatable bonds is 6. The first-order valence-corrected chi connectivity index (χ1v) is 11.0. The predicted molar refractivity (Wildman–Crippen MR) is 112 cm³/mol. The van der Waals surface area contributed by atoms with Gasteiger partial charge in [-0.25, -0.2) is 0 Å². The van der Waals surface area contributed by atoms with Crippen molar-refractivity contribution in [2.75, 3.05) is 53.4 Å². The highest BCUT2D eigenvalue weighted by atomic mass is 19.4. The first-order valence-electron chi connectivity index (χ1n) is 11.0. The van der Waals surface area contributed by atoms with Crippen LogP contribution in [0.4, 0.5) is 13.2 Å². The Balaban J connectivity index is 1.40. The number of likely N-dealkylation sites (tertiary alicyclic amines) is 2. The Morgan fingerprint density at radius 1 is 1.17 bits per heavy atom. The van der Waals surface area contributed by atoms with Gasteiger partial charge in [-0.3, -0.25) is 4.79 Å². The number of carbonyl (C=O) groups excluding carboxylic acids is 1. The maximum Gasteiger partial charge on any atom is 0.416 e. The molecule has 2 aliphatic heterocycles. The van der Waals surface area contributed by atoms with E-state index in [0.29, 0.717) is 12.3 Å². The van der Waals surface area contributed by atoms with Crippen molar-refractivity contribution in [2.24, 2.45) is 11.8 Å². The minimum atomic E-state index is -4.29. The molecule has 3 rings (SSSR count). The predicted octanol–water partition coefficient (Wildman–Crippen LogP) is 3.76. The van der Waals surface area contributed by atoms with Gasteiger partial charge in [-0.1, -0.05) is 18.2 Å². The third-order valence-electron chi connectivity index (χ3n) is 6.56. The van der Waals surface area contributed by atoms with E-state index in [9.17, 15) is 18.0 Å². The third kappa shape index (κ3) is 6.45. The lowest BCUT2D eigenvalue weighted by Crippen LogP contribution is -2.45. The molecule has 0 radical (unpaired) electrons. The van der Waals surface area contributed by atoms with Gasteiger partial charge in [-0.05, 0) is 76.3 Å².